The molecule has 0 unspecified atom stereocenters. The quantitative estimate of drug-likeness (QED) is 0.552. The number of fused-ring (bicyclic) bond motifs is 1. The van der Waals surface area contributed by atoms with Gasteiger partial charge in [0.25, 0.3) is 5.91 Å². The summed E-state index contributed by atoms with van der Waals surface area (Å²) in [5.74, 6) is 0.248. The number of anilines is 1. The van der Waals surface area contributed by atoms with Gasteiger partial charge >= 0.3 is 5.97 Å². The summed E-state index contributed by atoms with van der Waals surface area (Å²) in [4.78, 5) is 26.9. The highest BCUT2D eigenvalue weighted by molar-refractivity contribution is 6.00. The Bertz CT molecular complexity index is 937. The van der Waals surface area contributed by atoms with Gasteiger partial charge in [0.15, 0.2) is 17.6 Å². The lowest BCUT2D eigenvalue weighted by atomic mass is 10.1. The van der Waals surface area contributed by atoms with Crippen LogP contribution in [0.5, 0.6) is 11.5 Å². The van der Waals surface area contributed by atoms with E-state index in [-0.39, 0.29) is 11.9 Å². The van der Waals surface area contributed by atoms with E-state index >= 15 is 0 Å². The van der Waals surface area contributed by atoms with E-state index in [1.807, 2.05) is 31.2 Å². The smallest absolute Gasteiger partial charge is 0.331 e. The molecule has 0 N–H and O–H groups in total. The van der Waals surface area contributed by atoms with E-state index in [0.29, 0.717) is 17.1 Å². The average Bonchev–Trinajstić information content (AvgIpc) is 3.06. The van der Waals surface area contributed by atoms with E-state index < -0.39 is 12.1 Å². The molecule has 2 aromatic rings. The molecule has 1 amide bonds. The number of carbonyl (C=O) groups excluding carboxylic acids is 2. The number of hydrogen-bond acceptors (Lipinski definition) is 5. The Balaban J connectivity index is 1.68. The zero-order valence-electron chi connectivity index (χ0n) is 17.0. The number of benzene rings is 2. The van der Waals surface area contributed by atoms with Gasteiger partial charge in [-0.25, -0.2) is 4.79 Å². The van der Waals surface area contributed by atoms with E-state index in [9.17, 15) is 9.59 Å². The van der Waals surface area contributed by atoms with Gasteiger partial charge in [-0.1, -0.05) is 30.3 Å². The largest absolute Gasteiger partial charge is 0.493 e. The molecule has 0 aromatic heterocycles. The average molecular weight is 395 g/mol. The molecule has 0 bridgehead atoms. The minimum absolute atomic E-state index is 0.0256. The van der Waals surface area contributed by atoms with E-state index in [1.54, 1.807) is 43.2 Å². The molecule has 3 rings (SSSR count). The van der Waals surface area contributed by atoms with Crippen molar-refractivity contribution in [2.75, 3.05) is 19.1 Å². The topological polar surface area (TPSA) is 65.1 Å². The van der Waals surface area contributed by atoms with Crippen molar-refractivity contribution >= 4 is 23.6 Å². The van der Waals surface area contributed by atoms with Crippen LogP contribution in [0.1, 0.15) is 25.0 Å². The Hall–Kier alpha value is -3.28. The van der Waals surface area contributed by atoms with Gasteiger partial charge in [0, 0.05) is 23.4 Å². The van der Waals surface area contributed by atoms with Crippen LogP contribution in [0.4, 0.5) is 5.69 Å². The molecule has 6 heteroatoms. The molecule has 29 heavy (non-hydrogen) atoms. The molecule has 152 valence electrons. The molecule has 0 spiro atoms. The first-order valence-electron chi connectivity index (χ1n) is 9.47. The van der Waals surface area contributed by atoms with Gasteiger partial charge in [-0.15, -0.1) is 0 Å². The molecule has 2 aromatic carbocycles. The fraction of sp³-hybridized carbons (Fsp3) is 0.304. The van der Waals surface area contributed by atoms with Gasteiger partial charge < -0.3 is 19.1 Å². The molecule has 1 aliphatic rings. The second-order valence-electron chi connectivity index (χ2n) is 6.89. The third-order valence-corrected chi connectivity index (χ3v) is 4.92. The Morgan fingerprint density at radius 2 is 1.86 bits per heavy atom. The van der Waals surface area contributed by atoms with Gasteiger partial charge in [0.05, 0.1) is 14.2 Å². The van der Waals surface area contributed by atoms with Crippen molar-refractivity contribution in [3.63, 3.8) is 0 Å². The molecule has 0 fully saturated rings. The predicted octanol–water partition coefficient (Wildman–Crippen LogP) is 3.63. The van der Waals surface area contributed by atoms with E-state index in [4.69, 9.17) is 14.2 Å². The molecular weight excluding hydrogens is 370 g/mol. The number of para-hydroxylation sites is 2. The summed E-state index contributed by atoms with van der Waals surface area (Å²) in [5, 5.41) is 0. The van der Waals surface area contributed by atoms with Crippen molar-refractivity contribution in [3.8, 4) is 11.5 Å². The van der Waals surface area contributed by atoms with Gasteiger partial charge in [-0.3, -0.25) is 4.79 Å². The standard InChI is InChI=1S/C23H25NO5/c1-15-14-18-8-5-6-10-19(18)24(15)23(26)16(2)29-21(25)13-12-17-9-7-11-20(27-3)22(17)28-4/h5-13,15-16H,14H2,1-4H3/b13-12+/t15-,16-/m0/s1. The van der Waals surface area contributed by atoms with Crippen molar-refractivity contribution in [1.82, 2.24) is 0 Å². The lowest BCUT2D eigenvalue weighted by Gasteiger charge is -2.25. The minimum atomic E-state index is -0.895. The summed E-state index contributed by atoms with van der Waals surface area (Å²) >= 11 is 0. The van der Waals surface area contributed by atoms with Crippen molar-refractivity contribution in [2.45, 2.75) is 32.4 Å². The van der Waals surface area contributed by atoms with Crippen LogP contribution in [0, 0.1) is 0 Å². The lowest BCUT2D eigenvalue weighted by molar-refractivity contribution is -0.149. The molecule has 0 saturated carbocycles. The first-order valence-corrected chi connectivity index (χ1v) is 9.47. The third kappa shape index (κ3) is 4.26. The number of methoxy groups -OCH3 is 2. The normalized spacial score (nSPS) is 16.4. The van der Waals surface area contributed by atoms with Gasteiger partial charge in [0.1, 0.15) is 0 Å². The summed E-state index contributed by atoms with van der Waals surface area (Å²) in [6.45, 7) is 3.58. The maximum absolute atomic E-state index is 12.9. The van der Waals surface area contributed by atoms with Crippen LogP contribution >= 0.6 is 0 Å². The monoisotopic (exact) mass is 395 g/mol. The van der Waals surface area contributed by atoms with Crippen LogP contribution in [0.2, 0.25) is 0 Å². The molecule has 6 nitrogen and oxygen atoms in total. The third-order valence-electron chi connectivity index (χ3n) is 4.92. The summed E-state index contributed by atoms with van der Waals surface area (Å²) < 4.78 is 15.9. The molecule has 0 saturated heterocycles. The second-order valence-corrected chi connectivity index (χ2v) is 6.89. The Morgan fingerprint density at radius 3 is 2.59 bits per heavy atom. The van der Waals surface area contributed by atoms with Crippen LogP contribution in [-0.2, 0) is 20.7 Å². The molecular formula is C23H25NO5. The van der Waals surface area contributed by atoms with Gasteiger partial charge in [-0.05, 0) is 44.0 Å². The highest BCUT2D eigenvalue weighted by Gasteiger charge is 2.34. The first kappa shape index (κ1) is 20.5. The number of esters is 1. The van der Waals surface area contributed by atoms with Crippen molar-refractivity contribution in [1.29, 1.82) is 0 Å². The molecule has 2 atom stereocenters. The second kappa shape index (κ2) is 8.82. The lowest BCUT2D eigenvalue weighted by Crippen LogP contribution is -2.43. The number of hydrogen-bond donors (Lipinski definition) is 0. The van der Waals surface area contributed by atoms with Crippen LogP contribution in [0.3, 0.4) is 0 Å². The highest BCUT2D eigenvalue weighted by Crippen LogP contribution is 2.33. The number of rotatable bonds is 6. The fourth-order valence-electron chi connectivity index (χ4n) is 3.56. The summed E-state index contributed by atoms with van der Waals surface area (Å²) in [6.07, 6.45) is 2.75. The van der Waals surface area contributed by atoms with E-state index in [2.05, 4.69) is 0 Å². The van der Waals surface area contributed by atoms with Crippen LogP contribution in [0.15, 0.2) is 48.5 Å². The molecule has 1 aliphatic heterocycles. The minimum Gasteiger partial charge on any atom is -0.493 e. The molecule has 0 radical (unpaired) electrons. The number of amides is 1. The zero-order valence-corrected chi connectivity index (χ0v) is 17.0. The molecule has 0 aliphatic carbocycles. The maximum Gasteiger partial charge on any atom is 0.331 e. The summed E-state index contributed by atoms with van der Waals surface area (Å²) in [5.41, 5.74) is 2.67. The maximum atomic E-state index is 12.9. The van der Waals surface area contributed by atoms with Gasteiger partial charge in [-0.2, -0.15) is 0 Å². The summed E-state index contributed by atoms with van der Waals surface area (Å²) in [7, 11) is 3.08. The van der Waals surface area contributed by atoms with Crippen molar-refractivity contribution in [3.05, 3.63) is 59.7 Å². The van der Waals surface area contributed by atoms with Crippen LogP contribution in [-0.4, -0.2) is 38.2 Å². The number of carbonyl (C=O) groups is 2. The fourth-order valence-corrected chi connectivity index (χ4v) is 3.56. The van der Waals surface area contributed by atoms with E-state index in [1.165, 1.54) is 13.2 Å². The van der Waals surface area contributed by atoms with Crippen molar-refractivity contribution < 1.29 is 23.8 Å². The van der Waals surface area contributed by atoms with Gasteiger partial charge in [0.2, 0.25) is 0 Å². The SMILES string of the molecule is COc1cccc(/C=C/C(=O)O[C@@H](C)C(=O)N2c3ccccc3C[C@@H]2C)c1OC. The summed E-state index contributed by atoms with van der Waals surface area (Å²) in [6, 6.07) is 13.2. The predicted molar refractivity (Wildman–Crippen MR) is 111 cm³/mol. The first-order chi connectivity index (χ1) is 14.0. The highest BCUT2D eigenvalue weighted by atomic mass is 16.5. The zero-order chi connectivity index (χ0) is 21.0. The Morgan fingerprint density at radius 1 is 1.10 bits per heavy atom. The number of nitrogens with zero attached hydrogens (tertiary/aromatic N) is 1. The van der Waals surface area contributed by atoms with E-state index in [0.717, 1.165) is 17.7 Å². The van der Waals surface area contributed by atoms with Crippen molar-refractivity contribution in [2.24, 2.45) is 0 Å². The molecule has 1 heterocycles. The Labute approximate surface area is 170 Å². The number of ether oxygens (including phenoxy) is 3. The Kier molecular flexibility index (Phi) is 6.22. The van der Waals surface area contributed by atoms with Crippen LogP contribution < -0.4 is 14.4 Å². The van der Waals surface area contributed by atoms with Crippen LogP contribution in [0.25, 0.3) is 6.08 Å².